The van der Waals surface area contributed by atoms with Crippen LogP contribution >= 0.6 is 0 Å². The number of nitrogens with zero attached hydrogens (tertiary/aromatic N) is 1. The number of likely N-dealkylation sites (N-methyl/N-ethyl adjacent to an activating group) is 1. The van der Waals surface area contributed by atoms with Crippen molar-refractivity contribution in [2.45, 2.75) is 32.6 Å². The van der Waals surface area contributed by atoms with Gasteiger partial charge in [0.2, 0.25) is 0 Å². The van der Waals surface area contributed by atoms with Crippen LogP contribution in [-0.4, -0.2) is 23.6 Å². The van der Waals surface area contributed by atoms with Crippen LogP contribution in [0, 0.1) is 0 Å². The first-order valence-corrected chi connectivity index (χ1v) is 6.15. The van der Waals surface area contributed by atoms with E-state index in [4.69, 9.17) is 4.98 Å². The Hall–Kier alpha value is -1.35. The number of hydrogen-bond acceptors (Lipinski definition) is 2. The average molecular weight is 231 g/mol. The summed E-state index contributed by atoms with van der Waals surface area (Å²) in [6.07, 6.45) is 0.939. The van der Waals surface area contributed by atoms with Gasteiger partial charge >= 0.3 is 0 Å². The molecule has 1 aromatic heterocycles. The van der Waals surface area contributed by atoms with Crippen LogP contribution < -0.4 is 5.32 Å². The van der Waals surface area contributed by atoms with Gasteiger partial charge in [0, 0.05) is 13.0 Å². The van der Waals surface area contributed by atoms with Crippen LogP contribution in [0.15, 0.2) is 18.2 Å². The van der Waals surface area contributed by atoms with Crippen molar-refractivity contribution in [2.24, 2.45) is 0 Å². The molecule has 0 atom stereocenters. The van der Waals surface area contributed by atoms with E-state index in [-0.39, 0.29) is 5.41 Å². The van der Waals surface area contributed by atoms with Crippen LogP contribution in [0.25, 0.3) is 11.0 Å². The summed E-state index contributed by atoms with van der Waals surface area (Å²) in [5.74, 6) is 1.06. The largest absolute Gasteiger partial charge is 0.342 e. The van der Waals surface area contributed by atoms with Gasteiger partial charge in [-0.3, -0.25) is 0 Å². The first kappa shape index (κ1) is 12.1. The number of rotatable bonds is 3. The SMILES string of the molecule is CNCCc1nc2c(C(C)(C)C)cccc2[nH]1. The molecule has 17 heavy (non-hydrogen) atoms. The lowest BCUT2D eigenvalue weighted by Crippen LogP contribution is -2.12. The number of H-pyrrole nitrogens is 1. The molecule has 2 rings (SSSR count). The van der Waals surface area contributed by atoms with Crippen molar-refractivity contribution in [2.75, 3.05) is 13.6 Å². The van der Waals surface area contributed by atoms with E-state index < -0.39 is 0 Å². The Balaban J connectivity index is 2.46. The Morgan fingerprint density at radius 3 is 2.71 bits per heavy atom. The minimum Gasteiger partial charge on any atom is -0.342 e. The Kier molecular flexibility index (Phi) is 3.20. The number of benzene rings is 1. The number of aromatic nitrogens is 2. The average Bonchev–Trinajstić information content (AvgIpc) is 2.66. The topological polar surface area (TPSA) is 40.7 Å². The van der Waals surface area contributed by atoms with Crippen molar-refractivity contribution in [3.05, 3.63) is 29.6 Å². The molecule has 0 saturated carbocycles. The molecule has 0 aliphatic rings. The Morgan fingerprint density at radius 2 is 2.06 bits per heavy atom. The van der Waals surface area contributed by atoms with Gasteiger partial charge in [0.15, 0.2) is 0 Å². The summed E-state index contributed by atoms with van der Waals surface area (Å²) in [6, 6.07) is 6.37. The zero-order valence-corrected chi connectivity index (χ0v) is 11.1. The summed E-state index contributed by atoms with van der Waals surface area (Å²) < 4.78 is 0. The lowest BCUT2D eigenvalue weighted by molar-refractivity contribution is 0.594. The third kappa shape index (κ3) is 2.50. The monoisotopic (exact) mass is 231 g/mol. The number of fused-ring (bicyclic) bond motifs is 1. The van der Waals surface area contributed by atoms with Gasteiger partial charge in [-0.2, -0.15) is 0 Å². The highest BCUT2D eigenvalue weighted by atomic mass is 14.9. The van der Waals surface area contributed by atoms with Crippen molar-refractivity contribution < 1.29 is 0 Å². The van der Waals surface area contributed by atoms with Crippen LogP contribution in [0.3, 0.4) is 0 Å². The molecule has 0 radical (unpaired) electrons. The van der Waals surface area contributed by atoms with E-state index in [0.717, 1.165) is 29.8 Å². The van der Waals surface area contributed by atoms with Gasteiger partial charge < -0.3 is 10.3 Å². The Bertz CT molecular complexity index is 506. The zero-order chi connectivity index (χ0) is 12.5. The summed E-state index contributed by atoms with van der Waals surface area (Å²) in [6.45, 7) is 7.63. The van der Waals surface area contributed by atoms with E-state index in [1.165, 1.54) is 5.56 Å². The number of para-hydroxylation sites is 1. The van der Waals surface area contributed by atoms with Crippen molar-refractivity contribution in [1.29, 1.82) is 0 Å². The fourth-order valence-electron chi connectivity index (χ4n) is 2.05. The second-order valence-electron chi connectivity index (χ2n) is 5.49. The second kappa shape index (κ2) is 4.49. The van der Waals surface area contributed by atoms with Gasteiger partial charge in [-0.15, -0.1) is 0 Å². The molecule has 0 bridgehead atoms. The van der Waals surface area contributed by atoms with Gasteiger partial charge in [0.05, 0.1) is 11.0 Å². The van der Waals surface area contributed by atoms with E-state index >= 15 is 0 Å². The van der Waals surface area contributed by atoms with Crippen molar-refractivity contribution in [3.8, 4) is 0 Å². The predicted molar refractivity (Wildman–Crippen MR) is 72.4 cm³/mol. The highest BCUT2D eigenvalue weighted by Crippen LogP contribution is 2.28. The quantitative estimate of drug-likeness (QED) is 0.852. The van der Waals surface area contributed by atoms with Gasteiger partial charge in [-0.05, 0) is 24.1 Å². The molecule has 1 aromatic carbocycles. The normalized spacial score (nSPS) is 12.2. The summed E-state index contributed by atoms with van der Waals surface area (Å²) in [5.41, 5.74) is 3.70. The molecule has 1 heterocycles. The maximum absolute atomic E-state index is 4.72. The van der Waals surface area contributed by atoms with Gasteiger partial charge in [-0.1, -0.05) is 32.9 Å². The Labute approximate surface area is 103 Å². The lowest BCUT2D eigenvalue weighted by Gasteiger charge is -2.19. The smallest absolute Gasteiger partial charge is 0.108 e. The molecule has 0 spiro atoms. The van der Waals surface area contributed by atoms with E-state index in [9.17, 15) is 0 Å². The second-order valence-corrected chi connectivity index (χ2v) is 5.49. The van der Waals surface area contributed by atoms with Crippen LogP contribution in [0.1, 0.15) is 32.2 Å². The maximum Gasteiger partial charge on any atom is 0.108 e. The number of aromatic amines is 1. The molecule has 2 N–H and O–H groups in total. The van der Waals surface area contributed by atoms with Crippen molar-refractivity contribution in [3.63, 3.8) is 0 Å². The van der Waals surface area contributed by atoms with Gasteiger partial charge in [-0.25, -0.2) is 4.98 Å². The van der Waals surface area contributed by atoms with E-state index in [2.05, 4.69) is 49.3 Å². The molecular weight excluding hydrogens is 210 g/mol. The molecule has 0 fully saturated rings. The molecule has 0 saturated heterocycles. The fraction of sp³-hybridized carbons (Fsp3) is 0.500. The molecule has 0 unspecified atom stereocenters. The van der Waals surface area contributed by atoms with Gasteiger partial charge in [0.1, 0.15) is 5.82 Å². The highest BCUT2D eigenvalue weighted by Gasteiger charge is 2.18. The maximum atomic E-state index is 4.72. The summed E-state index contributed by atoms with van der Waals surface area (Å²) >= 11 is 0. The van der Waals surface area contributed by atoms with E-state index in [1.54, 1.807) is 0 Å². The molecular formula is C14H21N3. The molecule has 92 valence electrons. The predicted octanol–water partition coefficient (Wildman–Crippen LogP) is 2.62. The minimum absolute atomic E-state index is 0.134. The van der Waals surface area contributed by atoms with Crippen LogP contribution in [0.4, 0.5) is 0 Å². The van der Waals surface area contributed by atoms with E-state index in [0.29, 0.717) is 0 Å². The molecule has 0 amide bonds. The molecule has 3 heteroatoms. The van der Waals surface area contributed by atoms with Crippen LogP contribution in [-0.2, 0) is 11.8 Å². The summed E-state index contributed by atoms with van der Waals surface area (Å²) in [4.78, 5) is 8.11. The van der Waals surface area contributed by atoms with Crippen molar-refractivity contribution >= 4 is 11.0 Å². The fourth-order valence-corrected chi connectivity index (χ4v) is 2.05. The third-order valence-electron chi connectivity index (χ3n) is 2.98. The number of nitrogens with one attached hydrogen (secondary N) is 2. The highest BCUT2D eigenvalue weighted by molar-refractivity contribution is 5.79. The van der Waals surface area contributed by atoms with Crippen LogP contribution in [0.2, 0.25) is 0 Å². The van der Waals surface area contributed by atoms with E-state index in [1.807, 2.05) is 7.05 Å². The lowest BCUT2D eigenvalue weighted by atomic mass is 9.86. The number of hydrogen-bond donors (Lipinski definition) is 2. The van der Waals surface area contributed by atoms with Crippen LogP contribution in [0.5, 0.6) is 0 Å². The minimum atomic E-state index is 0.134. The summed E-state index contributed by atoms with van der Waals surface area (Å²) in [5, 5.41) is 3.15. The molecule has 0 aliphatic heterocycles. The third-order valence-corrected chi connectivity index (χ3v) is 2.98. The first-order valence-electron chi connectivity index (χ1n) is 6.15. The van der Waals surface area contributed by atoms with Gasteiger partial charge in [0.25, 0.3) is 0 Å². The molecule has 3 nitrogen and oxygen atoms in total. The zero-order valence-electron chi connectivity index (χ0n) is 11.1. The summed E-state index contributed by atoms with van der Waals surface area (Å²) in [7, 11) is 1.96. The number of imidazole rings is 1. The molecule has 0 aliphatic carbocycles. The first-order chi connectivity index (χ1) is 8.02. The standard InChI is InChI=1S/C14H21N3/c1-14(2,3)10-6-5-7-11-13(10)17-12(16-11)8-9-15-4/h5-7,15H,8-9H2,1-4H3,(H,16,17). The molecule has 2 aromatic rings. The van der Waals surface area contributed by atoms with Crippen molar-refractivity contribution in [1.82, 2.24) is 15.3 Å². The Morgan fingerprint density at radius 1 is 1.29 bits per heavy atom.